The predicted octanol–water partition coefficient (Wildman–Crippen LogP) is 0.697. The summed E-state index contributed by atoms with van der Waals surface area (Å²) in [7, 11) is 0. The number of ketones is 1. The molecule has 13 heavy (non-hydrogen) atoms. The Bertz CT molecular complexity index is 159. The minimum Gasteiger partial charge on any atom is -0.315 e. The van der Waals surface area contributed by atoms with Crippen LogP contribution in [0.25, 0.3) is 0 Å². The molecule has 0 radical (unpaired) electrons. The minimum absolute atomic E-state index is 0.348. The van der Waals surface area contributed by atoms with Crippen LogP contribution in [0, 0.1) is 0 Å². The molecule has 1 fully saturated rings. The first-order valence-corrected chi connectivity index (χ1v) is 5.28. The molecule has 1 rings (SSSR count). The van der Waals surface area contributed by atoms with Gasteiger partial charge in [0.05, 0.1) is 6.54 Å². The number of rotatable bonds is 6. The lowest BCUT2D eigenvalue weighted by molar-refractivity contribution is -0.116. The van der Waals surface area contributed by atoms with E-state index >= 15 is 0 Å². The van der Waals surface area contributed by atoms with Gasteiger partial charge in [0.1, 0.15) is 5.78 Å². The van der Waals surface area contributed by atoms with Crippen LogP contribution in [0.1, 0.15) is 32.6 Å². The van der Waals surface area contributed by atoms with Gasteiger partial charge < -0.3 is 10.6 Å². The molecule has 0 spiro atoms. The van der Waals surface area contributed by atoms with Crippen LogP contribution >= 0.6 is 0 Å². The Morgan fingerprint density at radius 1 is 1.54 bits per heavy atom. The van der Waals surface area contributed by atoms with Gasteiger partial charge in [0, 0.05) is 19.0 Å². The van der Waals surface area contributed by atoms with Crippen LogP contribution in [0.5, 0.6) is 0 Å². The first kappa shape index (κ1) is 10.7. The van der Waals surface area contributed by atoms with Gasteiger partial charge in [-0.15, -0.1) is 0 Å². The van der Waals surface area contributed by atoms with E-state index in [1.807, 2.05) is 0 Å². The average Bonchev–Trinajstić information content (AvgIpc) is 2.51. The largest absolute Gasteiger partial charge is 0.315 e. The first-order valence-electron chi connectivity index (χ1n) is 5.28. The predicted molar refractivity (Wildman–Crippen MR) is 53.8 cm³/mol. The second kappa shape index (κ2) is 6.11. The summed E-state index contributed by atoms with van der Waals surface area (Å²) in [5.41, 5.74) is 0. The molecule has 0 bridgehead atoms. The molecule has 0 aromatic heterocycles. The summed E-state index contributed by atoms with van der Waals surface area (Å²) in [6.45, 7) is 4.80. The van der Waals surface area contributed by atoms with Crippen molar-refractivity contribution in [1.82, 2.24) is 10.6 Å². The van der Waals surface area contributed by atoms with Crippen molar-refractivity contribution < 1.29 is 4.79 Å². The van der Waals surface area contributed by atoms with Crippen molar-refractivity contribution in [3.8, 4) is 0 Å². The second-order valence-corrected chi connectivity index (χ2v) is 3.73. The molecule has 1 aliphatic heterocycles. The maximum absolute atomic E-state index is 10.9. The average molecular weight is 184 g/mol. The quantitative estimate of drug-likeness (QED) is 0.597. The fourth-order valence-electron chi connectivity index (χ4n) is 1.60. The Morgan fingerprint density at radius 2 is 2.38 bits per heavy atom. The standard InChI is InChI=1S/C10H20N2O/c1-2-3-4-5-11-7-9-6-10(13)8-12-9/h9,11-12H,2-8H2,1H3. The lowest BCUT2D eigenvalue weighted by Gasteiger charge is -2.09. The van der Waals surface area contributed by atoms with Gasteiger partial charge in [0.25, 0.3) is 0 Å². The molecule has 1 heterocycles. The summed E-state index contributed by atoms with van der Waals surface area (Å²) in [5, 5.41) is 6.55. The monoisotopic (exact) mass is 184 g/mol. The zero-order chi connectivity index (χ0) is 9.52. The SMILES string of the molecule is CCCCCNCC1CC(=O)CN1. The van der Waals surface area contributed by atoms with E-state index in [1.54, 1.807) is 0 Å². The van der Waals surface area contributed by atoms with E-state index < -0.39 is 0 Å². The number of carbonyl (C=O) groups is 1. The fraction of sp³-hybridized carbons (Fsp3) is 0.900. The first-order chi connectivity index (χ1) is 6.33. The molecule has 76 valence electrons. The molecule has 0 amide bonds. The summed E-state index contributed by atoms with van der Waals surface area (Å²) in [5.74, 6) is 0.348. The smallest absolute Gasteiger partial charge is 0.148 e. The van der Waals surface area contributed by atoms with Crippen LogP contribution in [-0.4, -0.2) is 31.5 Å². The maximum atomic E-state index is 10.9. The number of carbonyl (C=O) groups excluding carboxylic acids is 1. The van der Waals surface area contributed by atoms with Crippen molar-refractivity contribution in [2.24, 2.45) is 0 Å². The van der Waals surface area contributed by atoms with Gasteiger partial charge in [-0.3, -0.25) is 4.79 Å². The van der Waals surface area contributed by atoms with Gasteiger partial charge >= 0.3 is 0 Å². The molecule has 2 N–H and O–H groups in total. The van der Waals surface area contributed by atoms with Crippen molar-refractivity contribution in [2.75, 3.05) is 19.6 Å². The zero-order valence-corrected chi connectivity index (χ0v) is 8.44. The van der Waals surface area contributed by atoms with Crippen molar-refractivity contribution in [3.63, 3.8) is 0 Å². The van der Waals surface area contributed by atoms with E-state index in [0.717, 1.165) is 13.1 Å². The van der Waals surface area contributed by atoms with E-state index in [1.165, 1.54) is 19.3 Å². The lowest BCUT2D eigenvalue weighted by Crippen LogP contribution is -2.34. The highest BCUT2D eigenvalue weighted by molar-refractivity contribution is 5.83. The molecule has 0 aliphatic carbocycles. The normalized spacial score (nSPS) is 22.5. The van der Waals surface area contributed by atoms with E-state index in [0.29, 0.717) is 24.8 Å². The van der Waals surface area contributed by atoms with Gasteiger partial charge in [-0.25, -0.2) is 0 Å². The van der Waals surface area contributed by atoms with Gasteiger partial charge in [0.2, 0.25) is 0 Å². The van der Waals surface area contributed by atoms with Gasteiger partial charge in [0.15, 0.2) is 0 Å². The number of nitrogens with one attached hydrogen (secondary N) is 2. The molecule has 3 nitrogen and oxygen atoms in total. The molecule has 1 aliphatic rings. The van der Waals surface area contributed by atoms with Crippen LogP contribution in [0.4, 0.5) is 0 Å². The summed E-state index contributed by atoms with van der Waals surface area (Å²) < 4.78 is 0. The van der Waals surface area contributed by atoms with E-state index in [-0.39, 0.29) is 0 Å². The number of Topliss-reactive ketones (excluding diaryl/α,β-unsaturated/α-hetero) is 1. The van der Waals surface area contributed by atoms with E-state index in [9.17, 15) is 4.79 Å². The molecular weight excluding hydrogens is 164 g/mol. The molecule has 1 saturated heterocycles. The minimum atomic E-state index is 0.348. The van der Waals surface area contributed by atoms with Crippen molar-refractivity contribution in [2.45, 2.75) is 38.6 Å². The number of hydrogen-bond donors (Lipinski definition) is 2. The maximum Gasteiger partial charge on any atom is 0.148 e. The summed E-state index contributed by atoms with van der Waals surface area (Å²) in [4.78, 5) is 10.9. The molecule has 0 saturated carbocycles. The van der Waals surface area contributed by atoms with Gasteiger partial charge in [-0.1, -0.05) is 19.8 Å². The Hall–Kier alpha value is -0.410. The zero-order valence-electron chi connectivity index (χ0n) is 8.44. The molecule has 1 atom stereocenters. The van der Waals surface area contributed by atoms with Gasteiger partial charge in [-0.05, 0) is 13.0 Å². The van der Waals surface area contributed by atoms with Crippen molar-refractivity contribution >= 4 is 5.78 Å². The van der Waals surface area contributed by atoms with Crippen LogP contribution in [0.2, 0.25) is 0 Å². The molecule has 0 aromatic carbocycles. The second-order valence-electron chi connectivity index (χ2n) is 3.73. The highest BCUT2D eigenvalue weighted by atomic mass is 16.1. The van der Waals surface area contributed by atoms with Crippen LogP contribution < -0.4 is 10.6 Å². The molecule has 3 heteroatoms. The van der Waals surface area contributed by atoms with Crippen LogP contribution in [-0.2, 0) is 4.79 Å². The van der Waals surface area contributed by atoms with Crippen LogP contribution in [0.15, 0.2) is 0 Å². The van der Waals surface area contributed by atoms with Crippen molar-refractivity contribution in [3.05, 3.63) is 0 Å². The Morgan fingerprint density at radius 3 is 3.00 bits per heavy atom. The third-order valence-corrected chi connectivity index (χ3v) is 2.41. The fourth-order valence-corrected chi connectivity index (χ4v) is 1.60. The molecule has 1 unspecified atom stereocenters. The van der Waals surface area contributed by atoms with Crippen molar-refractivity contribution in [1.29, 1.82) is 0 Å². The Kier molecular flexibility index (Phi) is 5.01. The van der Waals surface area contributed by atoms with Gasteiger partial charge in [-0.2, -0.15) is 0 Å². The van der Waals surface area contributed by atoms with Crippen LogP contribution in [0.3, 0.4) is 0 Å². The third-order valence-electron chi connectivity index (χ3n) is 2.41. The van der Waals surface area contributed by atoms with E-state index in [4.69, 9.17) is 0 Å². The van der Waals surface area contributed by atoms with E-state index in [2.05, 4.69) is 17.6 Å². The number of unbranched alkanes of at least 4 members (excludes halogenated alkanes) is 2. The Balaban J connectivity index is 1.91. The highest BCUT2D eigenvalue weighted by Crippen LogP contribution is 1.99. The molecular formula is C10H20N2O. The Labute approximate surface area is 80.3 Å². The number of hydrogen-bond acceptors (Lipinski definition) is 3. The molecule has 0 aromatic rings. The summed E-state index contributed by atoms with van der Waals surface area (Å²) in [6.07, 6.45) is 4.52. The summed E-state index contributed by atoms with van der Waals surface area (Å²) in [6, 6.07) is 0.383. The summed E-state index contributed by atoms with van der Waals surface area (Å²) >= 11 is 0. The third kappa shape index (κ3) is 4.39. The topological polar surface area (TPSA) is 41.1 Å². The highest BCUT2D eigenvalue weighted by Gasteiger charge is 2.19. The lowest BCUT2D eigenvalue weighted by atomic mass is 10.2.